The van der Waals surface area contributed by atoms with E-state index < -0.39 is 0 Å². The average Bonchev–Trinajstić information content (AvgIpc) is 2.15. The van der Waals surface area contributed by atoms with E-state index in [1.54, 1.807) is 0 Å². The highest BCUT2D eigenvalue weighted by atomic mass is 16.5. The van der Waals surface area contributed by atoms with Crippen LogP contribution in [-0.4, -0.2) is 6.61 Å². The molecule has 0 saturated carbocycles. The molecule has 0 amide bonds. The van der Waals surface area contributed by atoms with Crippen LogP contribution in [0, 0.1) is 0 Å². The van der Waals surface area contributed by atoms with Crippen LogP contribution in [0.1, 0.15) is 20.3 Å². The van der Waals surface area contributed by atoms with Crippen LogP contribution in [0.2, 0.25) is 0 Å². The highest BCUT2D eigenvalue weighted by Crippen LogP contribution is 1.93. The van der Waals surface area contributed by atoms with E-state index >= 15 is 0 Å². The van der Waals surface area contributed by atoms with Crippen LogP contribution >= 0.6 is 0 Å². The smallest absolute Gasteiger partial charge is 0.101 e. The molecule has 0 unspecified atom stereocenters. The predicted molar refractivity (Wildman–Crippen MR) is 56.5 cm³/mol. The van der Waals surface area contributed by atoms with Crippen molar-refractivity contribution in [3.8, 4) is 0 Å². The first-order valence-electron chi connectivity index (χ1n) is 4.63. The summed E-state index contributed by atoms with van der Waals surface area (Å²) in [6, 6.07) is 8.02. The lowest BCUT2D eigenvalue weighted by molar-refractivity contribution is 0.270. The van der Waals surface area contributed by atoms with Crippen LogP contribution in [0.5, 0.6) is 0 Å². The Hall–Kier alpha value is -1.24. The van der Waals surface area contributed by atoms with Crippen molar-refractivity contribution in [2.45, 2.75) is 20.3 Å². The van der Waals surface area contributed by atoms with Gasteiger partial charge in [-0.1, -0.05) is 37.8 Å². The van der Waals surface area contributed by atoms with Crippen molar-refractivity contribution in [2.24, 2.45) is 0 Å². The minimum Gasteiger partial charge on any atom is -0.498 e. The van der Waals surface area contributed by atoms with E-state index in [9.17, 15) is 0 Å². The molecule has 0 heterocycles. The fourth-order valence-electron chi connectivity index (χ4n) is 1.20. The molecule has 0 bridgehead atoms. The van der Waals surface area contributed by atoms with Crippen LogP contribution in [0.4, 0.5) is 0 Å². The molecule has 0 aliphatic carbocycles. The molecule has 1 aromatic rings. The molecule has 13 heavy (non-hydrogen) atoms. The SMILES string of the molecule is C=c1cccc/c1=C(\C)OCCC. The maximum atomic E-state index is 5.53. The molecule has 1 rings (SSSR count). The summed E-state index contributed by atoms with van der Waals surface area (Å²) in [5, 5.41) is 2.13. The molecule has 0 aliphatic heterocycles. The second kappa shape index (κ2) is 4.70. The highest BCUT2D eigenvalue weighted by molar-refractivity contribution is 5.34. The van der Waals surface area contributed by atoms with Crippen molar-refractivity contribution in [1.29, 1.82) is 0 Å². The Kier molecular flexibility index (Phi) is 3.56. The number of hydrogen-bond acceptors (Lipinski definition) is 1. The van der Waals surface area contributed by atoms with Gasteiger partial charge < -0.3 is 4.74 Å². The van der Waals surface area contributed by atoms with Crippen LogP contribution in [0.15, 0.2) is 24.3 Å². The van der Waals surface area contributed by atoms with Crippen LogP contribution in [0.25, 0.3) is 12.3 Å². The number of rotatable bonds is 3. The largest absolute Gasteiger partial charge is 0.498 e. The number of benzene rings is 1. The minimum absolute atomic E-state index is 0.778. The summed E-state index contributed by atoms with van der Waals surface area (Å²) >= 11 is 0. The normalized spacial score (nSPS) is 12.5. The highest BCUT2D eigenvalue weighted by Gasteiger charge is 1.91. The van der Waals surface area contributed by atoms with Gasteiger partial charge in [-0.25, -0.2) is 0 Å². The van der Waals surface area contributed by atoms with Gasteiger partial charge in [-0.3, -0.25) is 0 Å². The van der Waals surface area contributed by atoms with E-state index in [-0.39, 0.29) is 0 Å². The van der Waals surface area contributed by atoms with Crippen LogP contribution in [0.3, 0.4) is 0 Å². The fourth-order valence-corrected chi connectivity index (χ4v) is 1.20. The first-order valence-corrected chi connectivity index (χ1v) is 4.63. The summed E-state index contributed by atoms with van der Waals surface area (Å²) in [6.45, 7) is 8.81. The van der Waals surface area contributed by atoms with E-state index in [1.165, 1.54) is 0 Å². The van der Waals surface area contributed by atoms with Crippen LogP contribution in [-0.2, 0) is 4.74 Å². The molecular weight excluding hydrogens is 160 g/mol. The summed E-state index contributed by atoms with van der Waals surface area (Å²) in [7, 11) is 0. The zero-order chi connectivity index (χ0) is 9.68. The first kappa shape index (κ1) is 9.85. The molecule has 1 aromatic carbocycles. The Morgan fingerprint density at radius 2 is 2.08 bits per heavy atom. The first-order chi connectivity index (χ1) is 6.25. The Morgan fingerprint density at radius 3 is 2.69 bits per heavy atom. The fraction of sp³-hybridized carbons (Fsp3) is 0.333. The summed E-state index contributed by atoms with van der Waals surface area (Å²) in [6.07, 6.45) is 1.04. The molecular formula is C12H16O. The lowest BCUT2D eigenvalue weighted by atomic mass is 10.2. The third kappa shape index (κ3) is 2.62. The van der Waals surface area contributed by atoms with Crippen LogP contribution < -0.4 is 10.4 Å². The molecule has 0 N–H and O–H groups in total. The third-order valence-corrected chi connectivity index (χ3v) is 1.92. The Morgan fingerprint density at radius 1 is 1.38 bits per heavy atom. The van der Waals surface area contributed by atoms with Gasteiger partial charge in [0.2, 0.25) is 0 Å². The zero-order valence-corrected chi connectivity index (χ0v) is 8.34. The van der Waals surface area contributed by atoms with Crippen molar-refractivity contribution in [1.82, 2.24) is 0 Å². The van der Waals surface area contributed by atoms with Crippen molar-refractivity contribution >= 4 is 12.3 Å². The van der Waals surface area contributed by atoms with Gasteiger partial charge in [-0.05, 0) is 18.6 Å². The second-order valence-electron chi connectivity index (χ2n) is 3.06. The number of hydrogen-bond donors (Lipinski definition) is 0. The van der Waals surface area contributed by atoms with E-state index in [2.05, 4.69) is 13.5 Å². The lowest BCUT2D eigenvalue weighted by Gasteiger charge is -2.03. The molecule has 0 saturated heterocycles. The Labute approximate surface area is 79.4 Å². The van der Waals surface area contributed by atoms with Crippen molar-refractivity contribution in [3.63, 3.8) is 0 Å². The molecule has 70 valence electrons. The van der Waals surface area contributed by atoms with Gasteiger partial charge in [0.1, 0.15) is 5.76 Å². The Balaban J connectivity index is 3.03. The van der Waals surface area contributed by atoms with Crippen molar-refractivity contribution in [2.75, 3.05) is 6.61 Å². The topological polar surface area (TPSA) is 9.23 Å². The van der Waals surface area contributed by atoms with Gasteiger partial charge in [0.15, 0.2) is 0 Å². The lowest BCUT2D eigenvalue weighted by Crippen LogP contribution is -2.25. The summed E-state index contributed by atoms with van der Waals surface area (Å²) < 4.78 is 5.53. The molecule has 0 fully saturated rings. The van der Waals surface area contributed by atoms with Crippen molar-refractivity contribution in [3.05, 3.63) is 34.7 Å². The molecule has 0 spiro atoms. The van der Waals surface area contributed by atoms with E-state index in [0.717, 1.165) is 29.2 Å². The molecule has 0 radical (unpaired) electrons. The van der Waals surface area contributed by atoms with Crippen molar-refractivity contribution < 1.29 is 4.74 Å². The summed E-state index contributed by atoms with van der Waals surface area (Å²) in [4.78, 5) is 0. The molecule has 0 atom stereocenters. The van der Waals surface area contributed by atoms with Gasteiger partial charge in [0.25, 0.3) is 0 Å². The van der Waals surface area contributed by atoms with E-state index in [1.807, 2.05) is 31.2 Å². The van der Waals surface area contributed by atoms with Gasteiger partial charge in [-0.2, -0.15) is 0 Å². The van der Waals surface area contributed by atoms with Gasteiger partial charge in [0, 0.05) is 5.22 Å². The van der Waals surface area contributed by atoms with E-state index in [0.29, 0.717) is 0 Å². The predicted octanol–water partition coefficient (Wildman–Crippen LogP) is 1.65. The summed E-state index contributed by atoms with van der Waals surface area (Å²) in [5.74, 6) is 0.965. The summed E-state index contributed by atoms with van der Waals surface area (Å²) in [5.41, 5.74) is 0. The maximum absolute atomic E-state index is 5.53. The molecule has 1 nitrogen and oxygen atoms in total. The monoisotopic (exact) mass is 176 g/mol. The molecule has 0 aliphatic rings. The molecule has 1 heteroatoms. The maximum Gasteiger partial charge on any atom is 0.101 e. The van der Waals surface area contributed by atoms with Gasteiger partial charge in [0.05, 0.1) is 6.61 Å². The third-order valence-electron chi connectivity index (χ3n) is 1.92. The van der Waals surface area contributed by atoms with Gasteiger partial charge >= 0.3 is 0 Å². The standard InChI is InChI=1S/C12H16O/c1-4-9-13-11(3)12-8-6-5-7-10(12)2/h5-8H,2,4,9H2,1,3H3/b12-11-. The number of ether oxygens (including phenoxy) is 1. The Bertz CT molecular complexity index is 365. The minimum atomic E-state index is 0.778. The van der Waals surface area contributed by atoms with Gasteiger partial charge in [-0.15, -0.1) is 0 Å². The average molecular weight is 176 g/mol. The zero-order valence-electron chi connectivity index (χ0n) is 8.34. The molecule has 0 aromatic heterocycles. The van der Waals surface area contributed by atoms with E-state index in [4.69, 9.17) is 4.74 Å². The second-order valence-corrected chi connectivity index (χ2v) is 3.06. The quantitative estimate of drug-likeness (QED) is 0.680.